The largest absolute Gasteiger partial charge is 0.368 e. The summed E-state index contributed by atoms with van der Waals surface area (Å²) in [6.07, 6.45) is 0.260. The third-order valence-corrected chi connectivity index (χ3v) is 7.52. The smallest absolute Gasteiger partial charge is 0.331 e. The first-order valence-electron chi connectivity index (χ1n) is 11.9. The quantitative estimate of drug-likeness (QED) is 0.601. The highest BCUT2D eigenvalue weighted by Gasteiger charge is 2.62. The molecule has 0 radical (unpaired) electrons. The van der Waals surface area contributed by atoms with E-state index in [2.05, 4.69) is 21.2 Å². The van der Waals surface area contributed by atoms with Gasteiger partial charge in [0.05, 0.1) is 12.6 Å². The van der Waals surface area contributed by atoms with Crippen LogP contribution in [-0.2, 0) is 22.6 Å². The zero-order valence-corrected chi connectivity index (χ0v) is 19.3. The van der Waals surface area contributed by atoms with Crippen LogP contribution >= 0.6 is 0 Å². The molecule has 35 heavy (non-hydrogen) atoms. The highest BCUT2D eigenvalue weighted by atomic mass is 16.2. The number of rotatable bonds is 3. The summed E-state index contributed by atoms with van der Waals surface area (Å²) >= 11 is 0. The fraction of sp³-hybridized carbons (Fsp3) is 0.250. The van der Waals surface area contributed by atoms with Crippen molar-refractivity contribution in [1.29, 1.82) is 0 Å². The number of carbonyl (C=O) groups excluding carboxylic acids is 3. The van der Waals surface area contributed by atoms with Crippen molar-refractivity contribution in [3.63, 3.8) is 0 Å². The maximum Gasteiger partial charge on any atom is 0.331 e. The minimum atomic E-state index is -1.40. The highest BCUT2D eigenvalue weighted by molar-refractivity contribution is 6.20. The number of nitrogens with zero attached hydrogens (tertiary/aromatic N) is 3. The molecule has 1 spiro atoms. The molecule has 0 aromatic heterocycles. The molecule has 0 saturated carbocycles. The summed E-state index contributed by atoms with van der Waals surface area (Å²) < 4.78 is 0. The highest BCUT2D eigenvalue weighted by Crippen LogP contribution is 2.46. The lowest BCUT2D eigenvalue weighted by molar-refractivity contribution is -0.154. The van der Waals surface area contributed by atoms with Gasteiger partial charge >= 0.3 is 6.03 Å². The van der Waals surface area contributed by atoms with Crippen LogP contribution in [0.3, 0.4) is 0 Å². The number of barbiturate groups is 1. The normalized spacial score (nSPS) is 23.7. The lowest BCUT2D eigenvalue weighted by atomic mass is 9.67. The van der Waals surface area contributed by atoms with Gasteiger partial charge in [0.1, 0.15) is 0 Å². The Bertz CT molecular complexity index is 1300. The molecule has 0 unspecified atom stereocenters. The third-order valence-electron chi connectivity index (χ3n) is 7.52. The maximum absolute atomic E-state index is 14.2. The number of carbonyl (C=O) groups is 3. The van der Waals surface area contributed by atoms with Crippen molar-refractivity contribution in [1.82, 2.24) is 10.2 Å². The number of nitrogens with one attached hydrogen (secondary N) is 1. The van der Waals surface area contributed by atoms with E-state index in [0.717, 1.165) is 29.0 Å². The molecular weight excluding hydrogens is 440 g/mol. The van der Waals surface area contributed by atoms with E-state index < -0.39 is 29.3 Å². The maximum atomic E-state index is 14.2. The molecule has 3 aromatic rings. The van der Waals surface area contributed by atoms with E-state index in [9.17, 15) is 14.4 Å². The zero-order valence-electron chi connectivity index (χ0n) is 19.3. The van der Waals surface area contributed by atoms with Crippen LogP contribution in [0.25, 0.3) is 0 Å². The van der Waals surface area contributed by atoms with Crippen molar-refractivity contribution in [3.05, 3.63) is 96.1 Å². The number of para-hydroxylation sites is 2. The average Bonchev–Trinajstić information content (AvgIpc) is 2.90. The first-order chi connectivity index (χ1) is 17.1. The van der Waals surface area contributed by atoms with E-state index in [0.29, 0.717) is 13.1 Å². The van der Waals surface area contributed by atoms with Crippen LogP contribution < -0.4 is 15.1 Å². The number of urea groups is 1. The molecule has 2 atom stereocenters. The molecule has 7 heteroatoms. The molecule has 2 fully saturated rings. The van der Waals surface area contributed by atoms with Crippen LogP contribution in [0.1, 0.15) is 11.1 Å². The number of fused-ring (bicyclic) bond motifs is 4. The molecule has 3 aliphatic heterocycles. The number of hydrogen-bond acceptors (Lipinski definition) is 5. The molecular formula is C28H26N4O3. The Morgan fingerprint density at radius 2 is 1.51 bits per heavy atom. The second-order valence-corrected chi connectivity index (χ2v) is 9.40. The molecule has 1 N–H and O–H groups in total. The van der Waals surface area contributed by atoms with Crippen LogP contribution in [-0.4, -0.2) is 48.4 Å². The molecule has 0 aliphatic carbocycles. The second-order valence-electron chi connectivity index (χ2n) is 9.40. The van der Waals surface area contributed by atoms with Gasteiger partial charge in [0.15, 0.2) is 5.41 Å². The van der Waals surface area contributed by atoms with Crippen LogP contribution in [0.4, 0.5) is 16.2 Å². The van der Waals surface area contributed by atoms with Crippen LogP contribution in [0.15, 0.2) is 84.9 Å². The summed E-state index contributed by atoms with van der Waals surface area (Å²) in [7, 11) is 0. The van der Waals surface area contributed by atoms with Gasteiger partial charge in [-0.3, -0.25) is 19.8 Å². The molecule has 7 nitrogen and oxygen atoms in total. The van der Waals surface area contributed by atoms with Gasteiger partial charge < -0.3 is 9.80 Å². The molecule has 3 aromatic carbocycles. The van der Waals surface area contributed by atoms with Gasteiger partial charge in [-0.2, -0.15) is 0 Å². The van der Waals surface area contributed by atoms with Crippen molar-refractivity contribution in [3.8, 4) is 0 Å². The van der Waals surface area contributed by atoms with Gasteiger partial charge in [-0.15, -0.1) is 0 Å². The first-order valence-corrected chi connectivity index (χ1v) is 11.9. The van der Waals surface area contributed by atoms with Crippen LogP contribution in [0, 0.1) is 5.41 Å². The van der Waals surface area contributed by atoms with Crippen LogP contribution in [0.2, 0.25) is 0 Å². The predicted octanol–water partition coefficient (Wildman–Crippen LogP) is 3.20. The minimum Gasteiger partial charge on any atom is -0.368 e. The van der Waals surface area contributed by atoms with Gasteiger partial charge in [0.25, 0.3) is 0 Å². The zero-order chi connectivity index (χ0) is 24.0. The number of imide groups is 2. The van der Waals surface area contributed by atoms with E-state index in [1.165, 1.54) is 4.90 Å². The fourth-order valence-electron chi connectivity index (χ4n) is 5.79. The SMILES string of the molecule is O=C1NC(=O)[C@@]2(Cc3ccccc3N3CCN(c4ccccc4)C[C@H]32)C(=O)N1Cc1ccccc1. The predicted molar refractivity (Wildman–Crippen MR) is 133 cm³/mol. The monoisotopic (exact) mass is 466 g/mol. The Labute approximate surface area is 203 Å². The van der Waals surface area contributed by atoms with E-state index in [1.54, 1.807) is 0 Å². The molecule has 176 valence electrons. The number of hydrogen-bond donors (Lipinski definition) is 1. The van der Waals surface area contributed by atoms with Crippen molar-refractivity contribution in [2.45, 2.75) is 19.0 Å². The van der Waals surface area contributed by atoms with Crippen molar-refractivity contribution >= 4 is 29.2 Å². The van der Waals surface area contributed by atoms with E-state index in [1.807, 2.05) is 78.9 Å². The lowest BCUT2D eigenvalue weighted by Gasteiger charge is -2.55. The molecule has 0 bridgehead atoms. The topological polar surface area (TPSA) is 73.0 Å². The Balaban J connectivity index is 1.44. The summed E-state index contributed by atoms with van der Waals surface area (Å²) in [5, 5.41) is 2.54. The summed E-state index contributed by atoms with van der Waals surface area (Å²) in [4.78, 5) is 46.4. The Hall–Kier alpha value is -4.13. The fourth-order valence-corrected chi connectivity index (χ4v) is 5.79. The summed E-state index contributed by atoms with van der Waals surface area (Å²) in [6, 6.07) is 26.4. The van der Waals surface area contributed by atoms with Gasteiger partial charge in [-0.25, -0.2) is 4.79 Å². The van der Waals surface area contributed by atoms with Gasteiger partial charge in [0, 0.05) is 31.0 Å². The van der Waals surface area contributed by atoms with Gasteiger partial charge in [0.2, 0.25) is 11.8 Å². The lowest BCUT2D eigenvalue weighted by Crippen LogP contribution is -2.75. The van der Waals surface area contributed by atoms with E-state index in [4.69, 9.17) is 0 Å². The Morgan fingerprint density at radius 1 is 0.829 bits per heavy atom. The molecule has 3 aliphatic rings. The number of anilines is 2. The van der Waals surface area contributed by atoms with E-state index >= 15 is 0 Å². The van der Waals surface area contributed by atoms with Gasteiger partial charge in [-0.05, 0) is 35.7 Å². The molecule has 3 heterocycles. The van der Waals surface area contributed by atoms with E-state index in [-0.39, 0.29) is 13.0 Å². The molecule has 2 saturated heterocycles. The van der Waals surface area contributed by atoms with Crippen LogP contribution in [0.5, 0.6) is 0 Å². The van der Waals surface area contributed by atoms with Gasteiger partial charge in [-0.1, -0.05) is 66.7 Å². The average molecular weight is 467 g/mol. The summed E-state index contributed by atoms with van der Waals surface area (Å²) in [5.41, 5.74) is 2.51. The van der Waals surface area contributed by atoms with Crippen molar-refractivity contribution in [2.75, 3.05) is 29.4 Å². The summed E-state index contributed by atoms with van der Waals surface area (Å²) in [5.74, 6) is -0.925. The second kappa shape index (κ2) is 8.27. The standard InChI is InChI=1S/C28H26N4O3/c33-25-28(26(34)32(27(35)29-25)18-20-9-3-1-4-10-20)17-21-11-7-8-14-23(21)31-16-15-30(19-24(28)31)22-12-5-2-6-13-22/h1-14,24H,15-19H2,(H,29,33,35)/t24-,28-/m0/s1. The Morgan fingerprint density at radius 3 is 2.29 bits per heavy atom. The Kier molecular flexibility index (Phi) is 5.06. The minimum absolute atomic E-state index is 0.122. The first kappa shape index (κ1) is 21.4. The van der Waals surface area contributed by atoms with Crippen molar-refractivity contribution in [2.24, 2.45) is 5.41 Å². The molecule has 4 amide bonds. The number of amides is 4. The summed E-state index contributed by atoms with van der Waals surface area (Å²) in [6.45, 7) is 2.07. The third kappa shape index (κ3) is 3.38. The molecule has 6 rings (SSSR count). The van der Waals surface area contributed by atoms with Crippen molar-refractivity contribution < 1.29 is 14.4 Å². The number of piperazine rings is 1. The number of benzene rings is 3.